The standard InChI is InChI=1S/C17H14ClNO5S/c1-10-16(17(20)23-2)14-9-12(5-8-15(14)24-10)19-25(21,22)13-6-3-11(18)4-7-13/h3-9,19H,1-2H3. The minimum Gasteiger partial charge on any atom is -0.465 e. The molecule has 0 saturated heterocycles. The van der Waals surface area contributed by atoms with Crippen LogP contribution in [0.1, 0.15) is 16.1 Å². The van der Waals surface area contributed by atoms with Crippen molar-refractivity contribution >= 4 is 44.3 Å². The Hall–Kier alpha value is -2.51. The normalized spacial score (nSPS) is 11.5. The van der Waals surface area contributed by atoms with Crippen LogP contribution in [0.15, 0.2) is 51.8 Å². The van der Waals surface area contributed by atoms with E-state index in [1.807, 2.05) is 0 Å². The Kier molecular flexibility index (Phi) is 4.45. The molecular formula is C17H14ClNO5S. The summed E-state index contributed by atoms with van der Waals surface area (Å²) in [6.45, 7) is 1.64. The Bertz CT molecular complexity index is 1050. The van der Waals surface area contributed by atoms with Gasteiger partial charge in [-0.3, -0.25) is 4.72 Å². The third-order valence-corrected chi connectivity index (χ3v) is 5.28. The molecule has 25 heavy (non-hydrogen) atoms. The number of aryl methyl sites for hydroxylation is 1. The number of sulfonamides is 1. The number of nitrogens with one attached hydrogen (secondary N) is 1. The van der Waals surface area contributed by atoms with Crippen LogP contribution in [0.4, 0.5) is 5.69 Å². The molecule has 1 heterocycles. The lowest BCUT2D eigenvalue weighted by Crippen LogP contribution is -2.12. The molecule has 0 fully saturated rings. The first kappa shape index (κ1) is 17.3. The van der Waals surface area contributed by atoms with Gasteiger partial charge in [0.1, 0.15) is 16.9 Å². The summed E-state index contributed by atoms with van der Waals surface area (Å²) in [5.74, 6) is -0.145. The first-order valence-corrected chi connectivity index (χ1v) is 9.08. The van der Waals surface area contributed by atoms with E-state index in [1.165, 1.54) is 37.4 Å². The summed E-state index contributed by atoms with van der Waals surface area (Å²) >= 11 is 5.78. The van der Waals surface area contributed by atoms with Crippen molar-refractivity contribution in [2.24, 2.45) is 0 Å². The van der Waals surface area contributed by atoms with E-state index in [0.29, 0.717) is 27.4 Å². The van der Waals surface area contributed by atoms with Crippen molar-refractivity contribution in [2.45, 2.75) is 11.8 Å². The number of carbonyl (C=O) groups is 1. The number of rotatable bonds is 4. The fraction of sp³-hybridized carbons (Fsp3) is 0.118. The summed E-state index contributed by atoms with van der Waals surface area (Å²) in [5, 5.41) is 0.914. The Balaban J connectivity index is 2.02. The molecule has 0 bridgehead atoms. The minimum absolute atomic E-state index is 0.0774. The maximum absolute atomic E-state index is 12.5. The molecule has 1 N–H and O–H groups in total. The van der Waals surface area contributed by atoms with Crippen molar-refractivity contribution in [3.05, 3.63) is 58.8 Å². The molecule has 0 aliphatic rings. The SMILES string of the molecule is COC(=O)c1c(C)oc2ccc(NS(=O)(=O)c3ccc(Cl)cc3)cc12. The molecule has 3 rings (SSSR count). The number of anilines is 1. The summed E-state index contributed by atoms with van der Waals surface area (Å²) in [5.41, 5.74) is 1.03. The molecule has 0 unspecified atom stereocenters. The molecule has 3 aromatic rings. The van der Waals surface area contributed by atoms with Crippen molar-refractivity contribution in [3.8, 4) is 0 Å². The smallest absolute Gasteiger partial charge is 0.342 e. The van der Waals surface area contributed by atoms with Gasteiger partial charge in [0, 0.05) is 16.1 Å². The van der Waals surface area contributed by atoms with Crippen LogP contribution in [0.25, 0.3) is 11.0 Å². The summed E-state index contributed by atoms with van der Waals surface area (Å²) in [7, 11) is -2.51. The van der Waals surface area contributed by atoms with Gasteiger partial charge in [-0.1, -0.05) is 11.6 Å². The highest BCUT2D eigenvalue weighted by Crippen LogP contribution is 2.29. The summed E-state index contributed by atoms with van der Waals surface area (Å²) in [6.07, 6.45) is 0. The predicted molar refractivity (Wildman–Crippen MR) is 94.6 cm³/mol. The molecule has 0 aliphatic carbocycles. The lowest BCUT2D eigenvalue weighted by atomic mass is 10.1. The number of hydrogen-bond donors (Lipinski definition) is 1. The third kappa shape index (κ3) is 3.33. The Labute approximate surface area is 149 Å². The van der Waals surface area contributed by atoms with Gasteiger partial charge in [-0.05, 0) is 49.4 Å². The van der Waals surface area contributed by atoms with Gasteiger partial charge in [0.15, 0.2) is 0 Å². The van der Waals surface area contributed by atoms with E-state index in [2.05, 4.69) is 4.72 Å². The zero-order chi connectivity index (χ0) is 18.2. The van der Waals surface area contributed by atoms with Crippen LogP contribution >= 0.6 is 11.6 Å². The second-order valence-corrected chi connectivity index (χ2v) is 7.41. The number of benzene rings is 2. The topological polar surface area (TPSA) is 85.6 Å². The molecule has 2 aromatic carbocycles. The average molecular weight is 380 g/mol. The van der Waals surface area contributed by atoms with E-state index in [-0.39, 0.29) is 10.5 Å². The molecule has 0 spiro atoms. The predicted octanol–water partition coefficient (Wildman–Crippen LogP) is 3.98. The van der Waals surface area contributed by atoms with Crippen molar-refractivity contribution in [3.63, 3.8) is 0 Å². The van der Waals surface area contributed by atoms with E-state index in [0.717, 1.165) is 0 Å². The van der Waals surface area contributed by atoms with Crippen molar-refractivity contribution in [1.82, 2.24) is 0 Å². The molecule has 0 saturated carbocycles. The zero-order valence-corrected chi connectivity index (χ0v) is 14.9. The fourth-order valence-corrected chi connectivity index (χ4v) is 3.64. The van der Waals surface area contributed by atoms with Gasteiger partial charge in [0.05, 0.1) is 12.0 Å². The summed E-state index contributed by atoms with van der Waals surface area (Å²) < 4.78 is 37.7. The van der Waals surface area contributed by atoms with Crippen molar-refractivity contribution in [2.75, 3.05) is 11.8 Å². The monoisotopic (exact) mass is 379 g/mol. The molecule has 0 radical (unpaired) electrons. The quantitative estimate of drug-likeness (QED) is 0.693. The van der Waals surface area contributed by atoms with Gasteiger partial charge >= 0.3 is 5.97 Å². The maximum atomic E-state index is 12.5. The fourth-order valence-electron chi connectivity index (χ4n) is 2.47. The second kappa shape index (κ2) is 6.42. The van der Waals surface area contributed by atoms with Gasteiger partial charge in [-0.25, -0.2) is 13.2 Å². The number of ether oxygens (including phenoxy) is 1. The molecule has 8 heteroatoms. The number of furan rings is 1. The van der Waals surface area contributed by atoms with Crippen LogP contribution in [0, 0.1) is 6.92 Å². The highest BCUT2D eigenvalue weighted by Gasteiger charge is 2.20. The van der Waals surface area contributed by atoms with E-state index >= 15 is 0 Å². The Morgan fingerprint density at radius 1 is 1.16 bits per heavy atom. The van der Waals surface area contributed by atoms with E-state index in [4.69, 9.17) is 20.8 Å². The van der Waals surface area contributed by atoms with E-state index in [1.54, 1.807) is 19.1 Å². The lowest BCUT2D eigenvalue weighted by Gasteiger charge is -2.08. The van der Waals surface area contributed by atoms with Gasteiger partial charge in [0.2, 0.25) is 0 Å². The molecule has 130 valence electrons. The maximum Gasteiger partial charge on any atom is 0.342 e. The van der Waals surface area contributed by atoms with Crippen LogP contribution < -0.4 is 4.72 Å². The highest BCUT2D eigenvalue weighted by atomic mass is 35.5. The van der Waals surface area contributed by atoms with Crippen LogP contribution in [-0.4, -0.2) is 21.5 Å². The summed E-state index contributed by atoms with van der Waals surface area (Å²) in [4.78, 5) is 12.0. The highest BCUT2D eigenvalue weighted by molar-refractivity contribution is 7.92. The summed E-state index contributed by atoms with van der Waals surface area (Å²) in [6, 6.07) is 10.5. The van der Waals surface area contributed by atoms with Crippen LogP contribution in [0.3, 0.4) is 0 Å². The molecular weight excluding hydrogens is 366 g/mol. The van der Waals surface area contributed by atoms with Crippen LogP contribution in [-0.2, 0) is 14.8 Å². The third-order valence-electron chi connectivity index (χ3n) is 3.63. The second-order valence-electron chi connectivity index (χ2n) is 5.30. The Morgan fingerprint density at radius 2 is 1.84 bits per heavy atom. The minimum atomic E-state index is -3.79. The first-order chi connectivity index (χ1) is 11.8. The number of hydrogen-bond acceptors (Lipinski definition) is 5. The van der Waals surface area contributed by atoms with Crippen molar-refractivity contribution in [1.29, 1.82) is 0 Å². The first-order valence-electron chi connectivity index (χ1n) is 7.21. The number of carbonyl (C=O) groups excluding carboxylic acids is 1. The van der Waals surface area contributed by atoms with E-state index < -0.39 is 16.0 Å². The molecule has 0 aliphatic heterocycles. The molecule has 0 amide bonds. The van der Waals surface area contributed by atoms with Gasteiger partial charge in [-0.15, -0.1) is 0 Å². The lowest BCUT2D eigenvalue weighted by molar-refractivity contribution is 0.0600. The van der Waals surface area contributed by atoms with Crippen LogP contribution in [0.5, 0.6) is 0 Å². The molecule has 1 aromatic heterocycles. The van der Waals surface area contributed by atoms with Crippen LogP contribution in [0.2, 0.25) is 5.02 Å². The van der Waals surface area contributed by atoms with Gasteiger partial charge in [0.25, 0.3) is 10.0 Å². The number of methoxy groups -OCH3 is 1. The number of halogens is 1. The van der Waals surface area contributed by atoms with Gasteiger partial charge < -0.3 is 9.15 Å². The van der Waals surface area contributed by atoms with Gasteiger partial charge in [-0.2, -0.15) is 0 Å². The largest absolute Gasteiger partial charge is 0.465 e. The Morgan fingerprint density at radius 3 is 2.48 bits per heavy atom. The zero-order valence-electron chi connectivity index (χ0n) is 13.4. The average Bonchev–Trinajstić information content (AvgIpc) is 2.89. The van der Waals surface area contributed by atoms with E-state index in [9.17, 15) is 13.2 Å². The molecule has 6 nitrogen and oxygen atoms in total. The number of esters is 1. The molecule has 0 atom stereocenters. The number of fused-ring (bicyclic) bond motifs is 1. The van der Waals surface area contributed by atoms with Crippen molar-refractivity contribution < 1.29 is 22.4 Å².